The van der Waals surface area contributed by atoms with Gasteiger partial charge in [0.2, 0.25) is 0 Å². The van der Waals surface area contributed by atoms with Gasteiger partial charge < -0.3 is 0 Å². The van der Waals surface area contributed by atoms with Crippen LogP contribution in [0.4, 0.5) is 0 Å². The van der Waals surface area contributed by atoms with E-state index in [1.807, 2.05) is 11.4 Å². The summed E-state index contributed by atoms with van der Waals surface area (Å²) in [5.74, 6) is 3.60. The number of hydrogen-bond acceptors (Lipinski definition) is 2. The van der Waals surface area contributed by atoms with Gasteiger partial charge in [0.25, 0.3) is 0 Å². The summed E-state index contributed by atoms with van der Waals surface area (Å²) in [7, 11) is 0. The fraction of sp³-hybridized carbons (Fsp3) is 0.417. The minimum atomic E-state index is 0.387. The summed E-state index contributed by atoms with van der Waals surface area (Å²) < 4.78 is 0. The molecule has 1 heterocycles. The number of nitrogens with zero attached hydrogens (tertiary/aromatic N) is 1. The molecule has 0 aliphatic heterocycles. The van der Waals surface area contributed by atoms with Gasteiger partial charge in [0, 0.05) is 6.42 Å². The second kappa shape index (κ2) is 4.84. The molecular weight excluding hydrogens is 190 g/mol. The van der Waals surface area contributed by atoms with E-state index in [2.05, 4.69) is 25.8 Å². The van der Waals surface area contributed by atoms with Gasteiger partial charge in [-0.15, -0.1) is 23.7 Å². The molecule has 1 atom stereocenters. The van der Waals surface area contributed by atoms with Crippen LogP contribution in [0.15, 0.2) is 11.4 Å². The van der Waals surface area contributed by atoms with Gasteiger partial charge >= 0.3 is 0 Å². The third-order valence-corrected chi connectivity index (χ3v) is 3.15. The molecule has 0 N–H and O–H groups in total. The minimum absolute atomic E-state index is 0.387. The maximum Gasteiger partial charge on any atom is 0.110 e. The van der Waals surface area contributed by atoms with E-state index in [0.717, 1.165) is 11.3 Å². The standard InChI is InChI=1S/C12H13NS/c1-4-5-12(9(2)3)10-6-11(7-13)14-8-10/h1,6,8-9,12H,5H2,2-3H3. The Morgan fingerprint density at radius 3 is 2.71 bits per heavy atom. The van der Waals surface area contributed by atoms with Crippen LogP contribution in [0, 0.1) is 29.6 Å². The molecule has 1 aromatic heterocycles. The summed E-state index contributed by atoms with van der Waals surface area (Å²) in [6, 6.07) is 4.10. The Morgan fingerprint density at radius 1 is 1.57 bits per heavy atom. The topological polar surface area (TPSA) is 23.8 Å². The molecule has 0 aromatic carbocycles. The third-order valence-electron chi connectivity index (χ3n) is 2.30. The number of rotatable bonds is 3. The molecule has 0 aliphatic carbocycles. The van der Waals surface area contributed by atoms with E-state index in [1.165, 1.54) is 16.9 Å². The van der Waals surface area contributed by atoms with Gasteiger partial charge in [-0.1, -0.05) is 13.8 Å². The second-order valence-electron chi connectivity index (χ2n) is 3.61. The highest BCUT2D eigenvalue weighted by Crippen LogP contribution is 2.30. The van der Waals surface area contributed by atoms with Crippen molar-refractivity contribution in [3.63, 3.8) is 0 Å². The van der Waals surface area contributed by atoms with Gasteiger partial charge in [-0.05, 0) is 28.8 Å². The summed E-state index contributed by atoms with van der Waals surface area (Å²) >= 11 is 1.49. The van der Waals surface area contributed by atoms with Crippen LogP contribution in [0.2, 0.25) is 0 Å². The summed E-state index contributed by atoms with van der Waals surface area (Å²) in [6.45, 7) is 4.32. The average molecular weight is 203 g/mol. The fourth-order valence-corrected chi connectivity index (χ4v) is 2.23. The molecule has 0 aliphatic rings. The number of nitriles is 1. The maximum atomic E-state index is 8.72. The van der Waals surface area contributed by atoms with Gasteiger partial charge in [-0.2, -0.15) is 5.26 Å². The number of thiophene rings is 1. The van der Waals surface area contributed by atoms with E-state index < -0.39 is 0 Å². The molecule has 1 aromatic rings. The minimum Gasteiger partial charge on any atom is -0.192 e. The zero-order valence-electron chi connectivity index (χ0n) is 8.45. The molecule has 1 nitrogen and oxygen atoms in total. The van der Waals surface area contributed by atoms with Crippen LogP contribution in [0.25, 0.3) is 0 Å². The Kier molecular flexibility index (Phi) is 3.74. The maximum absolute atomic E-state index is 8.72. The Labute approximate surface area is 89.4 Å². The Balaban J connectivity index is 2.90. The zero-order valence-corrected chi connectivity index (χ0v) is 9.27. The summed E-state index contributed by atoms with van der Waals surface area (Å²) in [5, 5.41) is 10.8. The van der Waals surface area contributed by atoms with E-state index in [-0.39, 0.29) is 0 Å². The molecular formula is C12H13NS. The monoisotopic (exact) mass is 203 g/mol. The SMILES string of the molecule is C#CCC(c1csc(C#N)c1)C(C)C. The van der Waals surface area contributed by atoms with E-state index in [4.69, 9.17) is 11.7 Å². The van der Waals surface area contributed by atoms with Crippen molar-refractivity contribution in [1.82, 2.24) is 0 Å². The van der Waals surface area contributed by atoms with Crippen molar-refractivity contribution in [3.05, 3.63) is 21.9 Å². The normalized spacial score (nSPS) is 12.1. The van der Waals surface area contributed by atoms with E-state index in [1.54, 1.807) is 0 Å². The van der Waals surface area contributed by atoms with Gasteiger partial charge in [0.05, 0.1) is 0 Å². The molecule has 0 amide bonds. The molecule has 0 fully saturated rings. The second-order valence-corrected chi connectivity index (χ2v) is 4.53. The van der Waals surface area contributed by atoms with Gasteiger partial charge in [-0.3, -0.25) is 0 Å². The molecule has 14 heavy (non-hydrogen) atoms. The smallest absolute Gasteiger partial charge is 0.110 e. The molecule has 0 saturated heterocycles. The Bertz CT molecular complexity index is 376. The third kappa shape index (κ3) is 2.37. The Morgan fingerprint density at radius 2 is 2.29 bits per heavy atom. The van der Waals surface area contributed by atoms with Crippen molar-refractivity contribution in [3.8, 4) is 18.4 Å². The quantitative estimate of drug-likeness (QED) is 0.691. The number of hydrogen-bond donors (Lipinski definition) is 0. The molecule has 0 radical (unpaired) electrons. The predicted octanol–water partition coefficient (Wildman–Crippen LogP) is 3.38. The van der Waals surface area contributed by atoms with Gasteiger partial charge in [0.15, 0.2) is 0 Å². The van der Waals surface area contributed by atoms with Crippen LogP contribution in [0.5, 0.6) is 0 Å². The molecule has 1 rings (SSSR count). The lowest BCUT2D eigenvalue weighted by Crippen LogP contribution is -2.04. The van der Waals surface area contributed by atoms with Crippen LogP contribution >= 0.6 is 11.3 Å². The van der Waals surface area contributed by atoms with E-state index in [0.29, 0.717) is 11.8 Å². The van der Waals surface area contributed by atoms with Crippen LogP contribution in [0.3, 0.4) is 0 Å². The molecule has 1 unspecified atom stereocenters. The average Bonchev–Trinajstić information content (AvgIpc) is 2.61. The first-order valence-corrected chi connectivity index (χ1v) is 5.49. The molecule has 0 spiro atoms. The van der Waals surface area contributed by atoms with Gasteiger partial charge in [-0.25, -0.2) is 0 Å². The van der Waals surface area contributed by atoms with Crippen molar-refractivity contribution in [2.75, 3.05) is 0 Å². The van der Waals surface area contributed by atoms with Crippen LogP contribution < -0.4 is 0 Å². The van der Waals surface area contributed by atoms with E-state index in [9.17, 15) is 0 Å². The Hall–Kier alpha value is -1.25. The lowest BCUT2D eigenvalue weighted by molar-refractivity contribution is 0.509. The fourth-order valence-electron chi connectivity index (χ4n) is 1.47. The highest BCUT2D eigenvalue weighted by molar-refractivity contribution is 7.10. The summed E-state index contributed by atoms with van der Waals surface area (Å²) in [5.41, 5.74) is 1.21. The first-order valence-electron chi connectivity index (χ1n) is 4.61. The summed E-state index contributed by atoms with van der Waals surface area (Å²) in [4.78, 5) is 0.766. The first kappa shape index (κ1) is 10.8. The van der Waals surface area contributed by atoms with Crippen molar-refractivity contribution < 1.29 is 0 Å². The van der Waals surface area contributed by atoms with E-state index >= 15 is 0 Å². The van der Waals surface area contributed by atoms with Crippen LogP contribution in [-0.4, -0.2) is 0 Å². The van der Waals surface area contributed by atoms with Crippen molar-refractivity contribution in [2.45, 2.75) is 26.2 Å². The highest BCUT2D eigenvalue weighted by atomic mass is 32.1. The summed E-state index contributed by atoms with van der Waals surface area (Å²) in [6.07, 6.45) is 6.08. The zero-order chi connectivity index (χ0) is 10.6. The largest absolute Gasteiger partial charge is 0.192 e. The lowest BCUT2D eigenvalue weighted by atomic mass is 9.87. The van der Waals surface area contributed by atoms with Crippen molar-refractivity contribution in [1.29, 1.82) is 5.26 Å². The molecule has 2 heteroatoms. The lowest BCUT2D eigenvalue weighted by Gasteiger charge is -2.16. The molecule has 0 bridgehead atoms. The first-order chi connectivity index (χ1) is 6.69. The molecule has 0 saturated carbocycles. The predicted molar refractivity (Wildman–Crippen MR) is 60.1 cm³/mol. The molecule has 72 valence electrons. The van der Waals surface area contributed by atoms with Crippen LogP contribution in [-0.2, 0) is 0 Å². The van der Waals surface area contributed by atoms with Gasteiger partial charge in [0.1, 0.15) is 10.9 Å². The van der Waals surface area contributed by atoms with Crippen molar-refractivity contribution >= 4 is 11.3 Å². The number of terminal acetylenes is 1. The highest BCUT2D eigenvalue weighted by Gasteiger charge is 2.16. The van der Waals surface area contributed by atoms with Crippen LogP contribution in [0.1, 0.15) is 36.6 Å². The van der Waals surface area contributed by atoms with Crippen molar-refractivity contribution in [2.24, 2.45) is 5.92 Å².